The number of rotatable bonds is 3. The molecule has 0 aromatic rings. The minimum Gasteiger partial charge on any atom is -0.390 e. The Morgan fingerprint density at radius 1 is 1.09 bits per heavy atom. The van der Waals surface area contributed by atoms with Gasteiger partial charge in [-0.2, -0.15) is 0 Å². The van der Waals surface area contributed by atoms with E-state index in [0.717, 1.165) is 6.92 Å². The van der Waals surface area contributed by atoms with E-state index in [4.69, 9.17) is 10.2 Å². The molecule has 0 heterocycles. The van der Waals surface area contributed by atoms with Gasteiger partial charge in [0.15, 0.2) is 0 Å². The van der Waals surface area contributed by atoms with Gasteiger partial charge in [-0.05, 0) is 6.92 Å². The molecule has 68 valence electrons. The van der Waals surface area contributed by atoms with E-state index in [9.17, 15) is 8.78 Å². The molecule has 0 radical (unpaired) electrons. The first-order chi connectivity index (χ1) is 4.80. The molecule has 0 saturated heterocycles. The van der Waals surface area contributed by atoms with Crippen molar-refractivity contribution in [2.45, 2.75) is 38.9 Å². The Labute approximate surface area is 64.8 Å². The average Bonchev–Trinajstić information content (AvgIpc) is 1.85. The molecule has 11 heavy (non-hydrogen) atoms. The van der Waals surface area contributed by atoms with Gasteiger partial charge in [-0.15, -0.1) is 0 Å². The van der Waals surface area contributed by atoms with E-state index in [1.165, 1.54) is 13.8 Å². The minimum atomic E-state index is -3.21. The number of alkyl halides is 2. The molecule has 0 rings (SSSR count). The lowest BCUT2D eigenvalue weighted by Crippen LogP contribution is -2.44. The van der Waals surface area contributed by atoms with E-state index >= 15 is 0 Å². The Morgan fingerprint density at radius 2 is 1.45 bits per heavy atom. The van der Waals surface area contributed by atoms with Gasteiger partial charge in [-0.1, -0.05) is 13.8 Å². The van der Waals surface area contributed by atoms with E-state index in [2.05, 4.69) is 0 Å². The first-order valence-corrected chi connectivity index (χ1v) is 3.54. The van der Waals surface area contributed by atoms with Crippen LogP contribution >= 0.6 is 0 Å². The molecule has 2 nitrogen and oxygen atoms in total. The number of aliphatic hydroxyl groups excluding tert-OH is 2. The summed E-state index contributed by atoms with van der Waals surface area (Å²) >= 11 is 0. The monoisotopic (exact) mass is 168 g/mol. The van der Waals surface area contributed by atoms with Gasteiger partial charge in [0.25, 0.3) is 5.92 Å². The Kier molecular flexibility index (Phi) is 3.38. The van der Waals surface area contributed by atoms with E-state index in [0.29, 0.717) is 0 Å². The van der Waals surface area contributed by atoms with Crippen LogP contribution in [0.3, 0.4) is 0 Å². The number of halogens is 2. The smallest absolute Gasteiger partial charge is 0.278 e. The molecule has 0 bridgehead atoms. The van der Waals surface area contributed by atoms with Crippen LogP contribution in [0.1, 0.15) is 20.8 Å². The zero-order valence-corrected chi connectivity index (χ0v) is 6.88. The van der Waals surface area contributed by atoms with Gasteiger partial charge in [-0.25, -0.2) is 8.78 Å². The zero-order valence-electron chi connectivity index (χ0n) is 6.88. The van der Waals surface area contributed by atoms with Gasteiger partial charge in [0.05, 0.1) is 6.10 Å². The van der Waals surface area contributed by atoms with Crippen LogP contribution in [0, 0.1) is 5.92 Å². The molecule has 0 aromatic carbocycles. The number of hydrogen-bond acceptors (Lipinski definition) is 2. The van der Waals surface area contributed by atoms with E-state index in [1.54, 1.807) is 0 Å². The van der Waals surface area contributed by atoms with Crippen LogP contribution in [-0.4, -0.2) is 28.3 Å². The lowest BCUT2D eigenvalue weighted by atomic mass is 9.97. The summed E-state index contributed by atoms with van der Waals surface area (Å²) in [5.41, 5.74) is 0. The van der Waals surface area contributed by atoms with Crippen molar-refractivity contribution < 1.29 is 19.0 Å². The summed E-state index contributed by atoms with van der Waals surface area (Å²) in [7, 11) is 0. The predicted octanol–water partition coefficient (Wildman–Crippen LogP) is 1.02. The maximum absolute atomic E-state index is 12.8. The molecule has 0 amide bonds. The second-order valence-electron chi connectivity index (χ2n) is 3.01. The fraction of sp³-hybridized carbons (Fsp3) is 1.00. The van der Waals surface area contributed by atoms with Crippen molar-refractivity contribution in [3.63, 3.8) is 0 Å². The molecule has 2 atom stereocenters. The van der Waals surface area contributed by atoms with Gasteiger partial charge in [0, 0.05) is 5.92 Å². The maximum Gasteiger partial charge on any atom is 0.278 e. The predicted molar refractivity (Wildman–Crippen MR) is 37.5 cm³/mol. The van der Waals surface area contributed by atoms with Crippen LogP contribution in [0.15, 0.2) is 0 Å². The quantitative estimate of drug-likeness (QED) is 0.660. The Morgan fingerprint density at radius 3 is 1.55 bits per heavy atom. The van der Waals surface area contributed by atoms with Crippen molar-refractivity contribution in [2.24, 2.45) is 5.92 Å². The molecule has 0 aliphatic rings. The largest absolute Gasteiger partial charge is 0.390 e. The molecule has 4 heteroatoms. The number of aliphatic hydroxyl groups is 2. The van der Waals surface area contributed by atoms with E-state index < -0.39 is 24.0 Å². The molecular formula is C7H14F2O2. The second kappa shape index (κ2) is 3.45. The van der Waals surface area contributed by atoms with Crippen molar-refractivity contribution in [2.75, 3.05) is 0 Å². The minimum absolute atomic E-state index is 0.966. The molecule has 2 N–H and O–H groups in total. The first kappa shape index (κ1) is 10.8. The fourth-order valence-corrected chi connectivity index (χ4v) is 0.663. The van der Waals surface area contributed by atoms with Crippen LogP contribution in [0.2, 0.25) is 0 Å². The van der Waals surface area contributed by atoms with Gasteiger partial charge in [-0.3, -0.25) is 0 Å². The summed E-state index contributed by atoms with van der Waals surface area (Å²) in [5.74, 6) is -4.18. The highest BCUT2D eigenvalue weighted by atomic mass is 19.3. The molecule has 0 saturated carbocycles. The van der Waals surface area contributed by atoms with Crippen LogP contribution < -0.4 is 0 Å². The van der Waals surface area contributed by atoms with Gasteiger partial charge in [0.1, 0.15) is 6.10 Å². The highest BCUT2D eigenvalue weighted by Crippen LogP contribution is 2.29. The molecule has 0 aromatic heterocycles. The van der Waals surface area contributed by atoms with Crippen LogP contribution in [-0.2, 0) is 0 Å². The van der Waals surface area contributed by atoms with Crippen molar-refractivity contribution in [3.8, 4) is 0 Å². The summed E-state index contributed by atoms with van der Waals surface area (Å²) in [5, 5.41) is 17.5. The molecule has 0 spiro atoms. The Balaban J connectivity index is 4.29. The van der Waals surface area contributed by atoms with Gasteiger partial charge in [0.2, 0.25) is 0 Å². The maximum atomic E-state index is 12.8. The fourth-order valence-electron chi connectivity index (χ4n) is 0.663. The van der Waals surface area contributed by atoms with Crippen molar-refractivity contribution in [1.82, 2.24) is 0 Å². The number of hydrogen-bond donors (Lipinski definition) is 2. The summed E-state index contributed by atoms with van der Waals surface area (Å²) in [6.45, 7) is 3.73. The summed E-state index contributed by atoms with van der Waals surface area (Å²) < 4.78 is 25.6. The standard InChI is InChI=1S/C7H14F2O2/c1-4(2)7(8,9)6(11)5(3)10/h4-6,10-11H,1-3H3/t5?,6-/m0/s1. The van der Waals surface area contributed by atoms with Crippen LogP contribution in [0.4, 0.5) is 8.78 Å². The Hall–Kier alpha value is -0.220. The zero-order chi connectivity index (χ0) is 9.23. The first-order valence-electron chi connectivity index (χ1n) is 3.54. The van der Waals surface area contributed by atoms with Crippen molar-refractivity contribution in [1.29, 1.82) is 0 Å². The third-order valence-corrected chi connectivity index (χ3v) is 1.62. The van der Waals surface area contributed by atoms with Gasteiger partial charge >= 0.3 is 0 Å². The van der Waals surface area contributed by atoms with Crippen molar-refractivity contribution >= 4 is 0 Å². The average molecular weight is 168 g/mol. The highest BCUT2D eigenvalue weighted by molar-refractivity contribution is 4.82. The van der Waals surface area contributed by atoms with E-state index in [1.807, 2.05) is 0 Å². The third kappa shape index (κ3) is 2.38. The van der Waals surface area contributed by atoms with Crippen molar-refractivity contribution in [3.05, 3.63) is 0 Å². The molecule has 0 fully saturated rings. The third-order valence-electron chi connectivity index (χ3n) is 1.62. The summed E-state index contributed by atoms with van der Waals surface area (Å²) in [6.07, 6.45) is -3.37. The molecular weight excluding hydrogens is 154 g/mol. The van der Waals surface area contributed by atoms with Crippen LogP contribution in [0.5, 0.6) is 0 Å². The lowest BCUT2D eigenvalue weighted by molar-refractivity contribution is -0.171. The molecule has 0 aliphatic carbocycles. The summed E-state index contributed by atoms with van der Waals surface area (Å²) in [6, 6.07) is 0. The van der Waals surface area contributed by atoms with Crippen LogP contribution in [0.25, 0.3) is 0 Å². The molecule has 1 unspecified atom stereocenters. The second-order valence-corrected chi connectivity index (χ2v) is 3.01. The Bertz CT molecular complexity index is 124. The SMILES string of the molecule is CC(O)[C@H](O)C(F)(F)C(C)C. The highest BCUT2D eigenvalue weighted by Gasteiger charge is 2.43. The summed E-state index contributed by atoms with van der Waals surface area (Å²) in [4.78, 5) is 0. The van der Waals surface area contributed by atoms with E-state index in [-0.39, 0.29) is 0 Å². The normalized spacial score (nSPS) is 18.5. The molecule has 0 aliphatic heterocycles. The van der Waals surface area contributed by atoms with Gasteiger partial charge < -0.3 is 10.2 Å². The lowest BCUT2D eigenvalue weighted by Gasteiger charge is -2.27. The topological polar surface area (TPSA) is 40.5 Å².